The van der Waals surface area contributed by atoms with Gasteiger partial charge in [0.25, 0.3) is 0 Å². The molecule has 2 atom stereocenters. The smallest absolute Gasteiger partial charge is 0.315 e. The van der Waals surface area contributed by atoms with Crippen LogP contribution in [0.5, 0.6) is 0 Å². The van der Waals surface area contributed by atoms with Crippen LogP contribution in [0.25, 0.3) is 0 Å². The van der Waals surface area contributed by atoms with Gasteiger partial charge in [0.1, 0.15) is 5.76 Å². The molecule has 2 unspecified atom stereocenters. The number of terminal acetylenes is 1. The molecular weight excluding hydrogens is 252 g/mol. The Morgan fingerprint density at radius 3 is 2.35 bits per heavy atom. The van der Waals surface area contributed by atoms with Crippen molar-refractivity contribution in [2.75, 3.05) is 0 Å². The summed E-state index contributed by atoms with van der Waals surface area (Å²) in [4.78, 5) is 24.1. The molecule has 3 nitrogen and oxygen atoms in total. The molecule has 108 valence electrons. The molecule has 0 aromatic carbocycles. The summed E-state index contributed by atoms with van der Waals surface area (Å²) in [5, 5.41) is 0. The number of esters is 1. The molecule has 0 heterocycles. The summed E-state index contributed by atoms with van der Waals surface area (Å²) in [6.07, 6.45) is 7.10. The third-order valence-electron chi connectivity index (χ3n) is 5.51. The lowest BCUT2D eigenvalue weighted by molar-refractivity contribution is -0.143. The Morgan fingerprint density at radius 1 is 1.35 bits per heavy atom. The second kappa shape index (κ2) is 4.48. The highest BCUT2D eigenvalue weighted by atomic mass is 16.5. The van der Waals surface area contributed by atoms with Gasteiger partial charge < -0.3 is 4.74 Å². The van der Waals surface area contributed by atoms with Gasteiger partial charge in [0.05, 0.1) is 5.92 Å². The van der Waals surface area contributed by atoms with E-state index < -0.39 is 0 Å². The van der Waals surface area contributed by atoms with E-state index in [1.165, 1.54) is 6.08 Å². The largest absolute Gasteiger partial charge is 0.430 e. The van der Waals surface area contributed by atoms with E-state index in [9.17, 15) is 9.59 Å². The number of rotatable bonds is 3. The van der Waals surface area contributed by atoms with Gasteiger partial charge in [0.2, 0.25) is 0 Å². The lowest BCUT2D eigenvalue weighted by Crippen LogP contribution is -2.17. The number of carbonyl (C=O) groups excluding carboxylic acids is 2. The van der Waals surface area contributed by atoms with Gasteiger partial charge >= 0.3 is 5.97 Å². The standard InChI is InChI=1S/C17H22O3/c1-7-8-11-10(2)13(9-12(11)18)20-15(19)14-16(3,4)17(14,5)6/h1,9-11,14H,8H2,2-6H3. The minimum Gasteiger partial charge on any atom is -0.430 e. The maximum Gasteiger partial charge on any atom is 0.315 e. The second-order valence-electron chi connectivity index (χ2n) is 7.05. The molecule has 0 radical (unpaired) electrons. The number of ether oxygens (including phenoxy) is 1. The highest BCUT2D eigenvalue weighted by Crippen LogP contribution is 2.68. The van der Waals surface area contributed by atoms with E-state index in [1.807, 2.05) is 6.92 Å². The lowest BCUT2D eigenvalue weighted by atomic mass is 9.93. The van der Waals surface area contributed by atoms with Crippen molar-refractivity contribution < 1.29 is 14.3 Å². The van der Waals surface area contributed by atoms with Crippen LogP contribution in [-0.4, -0.2) is 11.8 Å². The third-order valence-corrected chi connectivity index (χ3v) is 5.51. The first-order valence-corrected chi connectivity index (χ1v) is 7.05. The van der Waals surface area contributed by atoms with Gasteiger partial charge in [0, 0.05) is 24.3 Å². The molecular formula is C17H22O3. The molecule has 0 saturated heterocycles. The summed E-state index contributed by atoms with van der Waals surface area (Å²) in [5.41, 5.74) is -0.122. The summed E-state index contributed by atoms with van der Waals surface area (Å²) in [6, 6.07) is 0. The zero-order valence-corrected chi connectivity index (χ0v) is 12.8. The molecule has 0 bridgehead atoms. The van der Waals surface area contributed by atoms with Gasteiger partial charge in [-0.3, -0.25) is 9.59 Å². The van der Waals surface area contributed by atoms with Gasteiger partial charge in [0.15, 0.2) is 5.78 Å². The summed E-state index contributed by atoms with van der Waals surface area (Å²) in [5.74, 6) is 2.23. The van der Waals surface area contributed by atoms with Crippen molar-refractivity contribution in [2.24, 2.45) is 28.6 Å². The van der Waals surface area contributed by atoms with Gasteiger partial charge in [-0.2, -0.15) is 0 Å². The summed E-state index contributed by atoms with van der Waals surface area (Å²) in [7, 11) is 0. The number of hydrogen-bond donors (Lipinski definition) is 0. The predicted molar refractivity (Wildman–Crippen MR) is 76.3 cm³/mol. The van der Waals surface area contributed by atoms with Crippen LogP contribution in [0.4, 0.5) is 0 Å². The maximum atomic E-state index is 12.3. The van der Waals surface area contributed by atoms with E-state index in [1.54, 1.807) is 0 Å². The van der Waals surface area contributed by atoms with Gasteiger partial charge in [-0.25, -0.2) is 0 Å². The van der Waals surface area contributed by atoms with Crippen molar-refractivity contribution in [1.29, 1.82) is 0 Å². The minimum absolute atomic E-state index is 0.0347. The molecule has 0 amide bonds. The van der Waals surface area contributed by atoms with E-state index in [0.717, 1.165) is 0 Å². The Kier molecular flexibility index (Phi) is 3.32. The molecule has 0 N–H and O–H groups in total. The van der Waals surface area contributed by atoms with Crippen molar-refractivity contribution in [2.45, 2.75) is 41.0 Å². The molecule has 0 aromatic heterocycles. The lowest BCUT2D eigenvalue weighted by Gasteiger charge is -2.15. The summed E-state index contributed by atoms with van der Waals surface area (Å²) >= 11 is 0. The van der Waals surface area contributed by atoms with E-state index in [4.69, 9.17) is 11.2 Å². The molecule has 0 aromatic rings. The zero-order chi connectivity index (χ0) is 15.3. The second-order valence-corrected chi connectivity index (χ2v) is 7.05. The van der Waals surface area contributed by atoms with E-state index in [-0.39, 0.29) is 40.3 Å². The topological polar surface area (TPSA) is 43.4 Å². The minimum atomic E-state index is -0.247. The Hall–Kier alpha value is -1.56. The van der Waals surface area contributed by atoms with Crippen LogP contribution in [0.2, 0.25) is 0 Å². The number of carbonyl (C=O) groups is 2. The van der Waals surface area contributed by atoms with Gasteiger partial charge in [-0.15, -0.1) is 12.3 Å². The van der Waals surface area contributed by atoms with Crippen LogP contribution >= 0.6 is 0 Å². The van der Waals surface area contributed by atoms with Crippen molar-refractivity contribution in [1.82, 2.24) is 0 Å². The van der Waals surface area contributed by atoms with Crippen molar-refractivity contribution in [3.63, 3.8) is 0 Å². The molecule has 1 saturated carbocycles. The first kappa shape index (κ1) is 14.8. The summed E-state index contributed by atoms with van der Waals surface area (Å²) < 4.78 is 5.50. The van der Waals surface area contributed by atoms with Gasteiger partial charge in [-0.05, 0) is 10.8 Å². The molecule has 2 aliphatic carbocycles. The molecule has 2 rings (SSSR count). The molecule has 2 aliphatic rings. The van der Waals surface area contributed by atoms with Crippen molar-refractivity contribution >= 4 is 11.8 Å². The van der Waals surface area contributed by atoms with Crippen LogP contribution < -0.4 is 0 Å². The average molecular weight is 274 g/mol. The SMILES string of the molecule is C#CCC1C(=O)C=C(OC(=O)C2C(C)(C)C2(C)C)C1C. The number of hydrogen-bond acceptors (Lipinski definition) is 3. The van der Waals surface area contributed by atoms with Crippen LogP contribution in [0, 0.1) is 40.9 Å². The van der Waals surface area contributed by atoms with E-state index in [2.05, 4.69) is 33.6 Å². The van der Waals surface area contributed by atoms with Crippen molar-refractivity contribution in [3.8, 4) is 12.3 Å². The van der Waals surface area contributed by atoms with Crippen LogP contribution in [0.3, 0.4) is 0 Å². The van der Waals surface area contributed by atoms with Crippen LogP contribution in [-0.2, 0) is 14.3 Å². The Morgan fingerprint density at radius 2 is 1.90 bits per heavy atom. The maximum absolute atomic E-state index is 12.3. The molecule has 3 heteroatoms. The fourth-order valence-electron chi connectivity index (χ4n) is 3.31. The first-order chi connectivity index (χ1) is 9.14. The zero-order valence-electron chi connectivity index (χ0n) is 12.8. The van der Waals surface area contributed by atoms with Crippen molar-refractivity contribution in [3.05, 3.63) is 11.8 Å². The quantitative estimate of drug-likeness (QED) is 0.587. The normalized spacial score (nSPS) is 30.6. The van der Waals surface area contributed by atoms with E-state index in [0.29, 0.717) is 12.2 Å². The van der Waals surface area contributed by atoms with Gasteiger partial charge in [-0.1, -0.05) is 34.6 Å². The number of ketones is 1. The highest BCUT2D eigenvalue weighted by molar-refractivity contribution is 5.96. The van der Waals surface area contributed by atoms with Crippen LogP contribution in [0.1, 0.15) is 41.0 Å². The predicted octanol–water partition coefficient (Wildman–Crippen LogP) is 2.95. The highest BCUT2D eigenvalue weighted by Gasteiger charge is 2.69. The Balaban J connectivity index is 2.06. The summed E-state index contributed by atoms with van der Waals surface area (Å²) in [6.45, 7) is 10.2. The van der Waals surface area contributed by atoms with E-state index >= 15 is 0 Å². The Bertz CT molecular complexity index is 517. The van der Waals surface area contributed by atoms with Crippen LogP contribution in [0.15, 0.2) is 11.8 Å². The average Bonchev–Trinajstić information content (AvgIpc) is 2.58. The first-order valence-electron chi connectivity index (χ1n) is 7.05. The Labute approximate surface area is 120 Å². The fraction of sp³-hybridized carbons (Fsp3) is 0.647. The third kappa shape index (κ3) is 1.98. The molecule has 0 spiro atoms. The fourth-order valence-corrected chi connectivity index (χ4v) is 3.31. The number of allylic oxidation sites excluding steroid dienone is 2. The molecule has 20 heavy (non-hydrogen) atoms. The molecule has 0 aliphatic heterocycles. The molecule has 1 fully saturated rings. The monoisotopic (exact) mass is 274 g/mol.